The van der Waals surface area contributed by atoms with Crippen molar-refractivity contribution in [1.82, 2.24) is 4.90 Å². The van der Waals surface area contributed by atoms with E-state index < -0.39 is 0 Å². The number of nitrogens with one attached hydrogen (secondary N) is 2. The molecular formula is C20H23ClN4O2. The first kappa shape index (κ1) is 19.2. The molecule has 142 valence electrons. The lowest BCUT2D eigenvalue weighted by molar-refractivity contribution is -0.117. The number of benzene rings is 2. The third kappa shape index (κ3) is 5.45. The molecule has 2 N–H and O–H groups in total. The standard InChI is InChI=1S/C20H23ClN4O2/c1-15(26)22-16-6-8-17(9-7-16)23-20(27)14-24-10-12-25(13-11-24)19-5-3-2-4-18(19)21/h2-9H,10-14H2,1H3,(H,22,26)(H,23,27). The van der Waals surface area contributed by atoms with Crippen molar-refractivity contribution < 1.29 is 9.59 Å². The first-order valence-corrected chi connectivity index (χ1v) is 9.28. The van der Waals surface area contributed by atoms with Crippen LogP contribution >= 0.6 is 11.6 Å². The maximum atomic E-state index is 12.3. The van der Waals surface area contributed by atoms with Gasteiger partial charge in [-0.3, -0.25) is 14.5 Å². The summed E-state index contributed by atoms with van der Waals surface area (Å²) in [5.74, 6) is -0.170. The van der Waals surface area contributed by atoms with E-state index in [-0.39, 0.29) is 11.8 Å². The third-order valence-electron chi connectivity index (χ3n) is 4.42. The number of carbonyl (C=O) groups is 2. The summed E-state index contributed by atoms with van der Waals surface area (Å²) >= 11 is 6.26. The molecule has 3 rings (SSSR count). The minimum Gasteiger partial charge on any atom is -0.368 e. The van der Waals surface area contributed by atoms with E-state index in [1.807, 2.05) is 24.3 Å². The van der Waals surface area contributed by atoms with Gasteiger partial charge in [0.25, 0.3) is 0 Å². The minimum absolute atomic E-state index is 0.0477. The van der Waals surface area contributed by atoms with Crippen LogP contribution in [0.4, 0.5) is 17.1 Å². The molecule has 0 atom stereocenters. The Bertz CT molecular complexity index is 802. The van der Waals surface area contributed by atoms with E-state index >= 15 is 0 Å². The molecule has 7 heteroatoms. The lowest BCUT2D eigenvalue weighted by Gasteiger charge is -2.36. The number of halogens is 1. The molecule has 0 saturated carbocycles. The number of anilines is 3. The minimum atomic E-state index is -0.122. The van der Waals surface area contributed by atoms with Gasteiger partial charge in [-0.05, 0) is 36.4 Å². The molecule has 1 aliphatic rings. The van der Waals surface area contributed by atoms with E-state index in [0.717, 1.165) is 36.9 Å². The fourth-order valence-electron chi connectivity index (χ4n) is 3.10. The van der Waals surface area contributed by atoms with Gasteiger partial charge in [0.1, 0.15) is 0 Å². The van der Waals surface area contributed by atoms with E-state index in [9.17, 15) is 9.59 Å². The maximum Gasteiger partial charge on any atom is 0.238 e. The smallest absolute Gasteiger partial charge is 0.238 e. The molecule has 1 saturated heterocycles. The Morgan fingerprint density at radius 1 is 0.926 bits per heavy atom. The molecule has 27 heavy (non-hydrogen) atoms. The Balaban J connectivity index is 1.47. The predicted octanol–water partition coefficient (Wildman–Crippen LogP) is 3.06. The number of hydrogen-bond acceptors (Lipinski definition) is 4. The average molecular weight is 387 g/mol. The number of carbonyl (C=O) groups excluding carboxylic acids is 2. The van der Waals surface area contributed by atoms with Crippen molar-refractivity contribution in [3.8, 4) is 0 Å². The van der Waals surface area contributed by atoms with Gasteiger partial charge in [0.05, 0.1) is 17.3 Å². The van der Waals surface area contributed by atoms with Crippen molar-refractivity contribution in [3.63, 3.8) is 0 Å². The van der Waals surface area contributed by atoms with Crippen LogP contribution in [-0.2, 0) is 9.59 Å². The lowest BCUT2D eigenvalue weighted by atomic mass is 10.2. The second-order valence-electron chi connectivity index (χ2n) is 6.52. The molecule has 1 fully saturated rings. The van der Waals surface area contributed by atoms with Crippen LogP contribution in [0, 0.1) is 0 Å². The van der Waals surface area contributed by atoms with E-state index in [2.05, 4.69) is 20.4 Å². The van der Waals surface area contributed by atoms with E-state index in [1.54, 1.807) is 24.3 Å². The average Bonchev–Trinajstić information content (AvgIpc) is 2.64. The van der Waals surface area contributed by atoms with Crippen molar-refractivity contribution in [2.75, 3.05) is 48.3 Å². The van der Waals surface area contributed by atoms with E-state index in [4.69, 9.17) is 11.6 Å². The number of amides is 2. The van der Waals surface area contributed by atoms with Gasteiger partial charge < -0.3 is 15.5 Å². The first-order valence-electron chi connectivity index (χ1n) is 8.90. The summed E-state index contributed by atoms with van der Waals surface area (Å²) < 4.78 is 0. The number of nitrogens with zero attached hydrogens (tertiary/aromatic N) is 2. The molecule has 0 bridgehead atoms. The van der Waals surface area contributed by atoms with Gasteiger partial charge in [-0.15, -0.1) is 0 Å². The topological polar surface area (TPSA) is 64.7 Å². The van der Waals surface area contributed by atoms with Crippen LogP contribution in [0.15, 0.2) is 48.5 Å². The number of hydrogen-bond donors (Lipinski definition) is 2. The van der Waals surface area contributed by atoms with Crippen LogP contribution in [-0.4, -0.2) is 49.4 Å². The van der Waals surface area contributed by atoms with Gasteiger partial charge in [0, 0.05) is 44.5 Å². The molecule has 2 aromatic rings. The quantitative estimate of drug-likeness (QED) is 0.828. The summed E-state index contributed by atoms with van der Waals surface area (Å²) in [6.45, 7) is 5.09. The number of rotatable bonds is 5. The monoisotopic (exact) mass is 386 g/mol. The molecule has 0 spiro atoms. The highest BCUT2D eigenvalue weighted by Crippen LogP contribution is 2.26. The number of piperazine rings is 1. The fourth-order valence-corrected chi connectivity index (χ4v) is 3.35. The zero-order chi connectivity index (χ0) is 19.2. The zero-order valence-corrected chi connectivity index (χ0v) is 16.0. The summed E-state index contributed by atoms with van der Waals surface area (Å²) in [5.41, 5.74) is 2.46. The molecular weight excluding hydrogens is 364 g/mol. The Kier molecular flexibility index (Phi) is 6.32. The van der Waals surface area contributed by atoms with Gasteiger partial charge in [-0.25, -0.2) is 0 Å². The molecule has 2 aromatic carbocycles. The number of para-hydroxylation sites is 1. The molecule has 6 nitrogen and oxygen atoms in total. The summed E-state index contributed by atoms with van der Waals surface area (Å²) in [6, 6.07) is 14.9. The SMILES string of the molecule is CC(=O)Nc1ccc(NC(=O)CN2CCN(c3ccccc3Cl)CC2)cc1. The Labute approximate surface area is 164 Å². The van der Waals surface area contributed by atoms with E-state index in [1.165, 1.54) is 6.92 Å². The van der Waals surface area contributed by atoms with Crippen LogP contribution in [0.5, 0.6) is 0 Å². The van der Waals surface area contributed by atoms with E-state index in [0.29, 0.717) is 17.9 Å². The second kappa shape index (κ2) is 8.88. The van der Waals surface area contributed by atoms with Crippen molar-refractivity contribution in [2.45, 2.75) is 6.92 Å². The van der Waals surface area contributed by atoms with Crippen molar-refractivity contribution in [1.29, 1.82) is 0 Å². The van der Waals surface area contributed by atoms with Crippen molar-refractivity contribution >= 4 is 40.5 Å². The molecule has 0 unspecified atom stereocenters. The molecule has 0 radical (unpaired) electrons. The van der Waals surface area contributed by atoms with Crippen LogP contribution in [0.1, 0.15) is 6.92 Å². The normalized spacial score (nSPS) is 14.7. The second-order valence-corrected chi connectivity index (χ2v) is 6.93. The van der Waals surface area contributed by atoms with Gasteiger partial charge in [0.15, 0.2) is 0 Å². The van der Waals surface area contributed by atoms with Gasteiger partial charge >= 0.3 is 0 Å². The highest BCUT2D eigenvalue weighted by Gasteiger charge is 2.20. The zero-order valence-electron chi connectivity index (χ0n) is 15.2. The third-order valence-corrected chi connectivity index (χ3v) is 4.74. The predicted molar refractivity (Wildman–Crippen MR) is 109 cm³/mol. The van der Waals surface area contributed by atoms with Crippen LogP contribution in [0.25, 0.3) is 0 Å². The molecule has 1 heterocycles. The summed E-state index contributed by atoms with van der Waals surface area (Å²) in [4.78, 5) is 27.7. The molecule has 0 aliphatic carbocycles. The molecule has 1 aliphatic heterocycles. The van der Waals surface area contributed by atoms with Gasteiger partial charge in [-0.1, -0.05) is 23.7 Å². The Hall–Kier alpha value is -2.57. The summed E-state index contributed by atoms with van der Waals surface area (Å²) in [5, 5.41) is 6.35. The van der Waals surface area contributed by atoms with Crippen molar-refractivity contribution in [3.05, 3.63) is 53.6 Å². The molecule has 2 amide bonds. The van der Waals surface area contributed by atoms with Crippen molar-refractivity contribution in [2.24, 2.45) is 0 Å². The lowest BCUT2D eigenvalue weighted by Crippen LogP contribution is -2.48. The maximum absolute atomic E-state index is 12.3. The highest BCUT2D eigenvalue weighted by molar-refractivity contribution is 6.33. The summed E-state index contributed by atoms with van der Waals surface area (Å²) in [7, 11) is 0. The Morgan fingerprint density at radius 2 is 1.52 bits per heavy atom. The van der Waals surface area contributed by atoms with Gasteiger partial charge in [-0.2, -0.15) is 0 Å². The van der Waals surface area contributed by atoms with Gasteiger partial charge in [0.2, 0.25) is 11.8 Å². The molecule has 0 aromatic heterocycles. The first-order chi connectivity index (χ1) is 13.0. The van der Waals surface area contributed by atoms with Crippen LogP contribution in [0.2, 0.25) is 5.02 Å². The van der Waals surface area contributed by atoms with Crippen LogP contribution < -0.4 is 15.5 Å². The fraction of sp³-hybridized carbons (Fsp3) is 0.300. The van der Waals surface area contributed by atoms with Crippen LogP contribution in [0.3, 0.4) is 0 Å². The summed E-state index contributed by atoms with van der Waals surface area (Å²) in [6.07, 6.45) is 0. The highest BCUT2D eigenvalue weighted by atomic mass is 35.5. The Morgan fingerprint density at radius 3 is 2.11 bits per heavy atom. The largest absolute Gasteiger partial charge is 0.368 e.